The van der Waals surface area contributed by atoms with Gasteiger partial charge < -0.3 is 15.8 Å². The maximum atomic E-state index is 12.0. The average Bonchev–Trinajstić information content (AvgIpc) is 2.72. The molecule has 1 heterocycles. The number of methoxy groups -OCH3 is 1. The fourth-order valence-corrected chi connectivity index (χ4v) is 3.14. The van der Waals surface area contributed by atoms with E-state index in [1.54, 1.807) is 7.11 Å². The smallest absolute Gasteiger partial charge is 0.263 e. The lowest BCUT2D eigenvalue weighted by molar-refractivity contribution is 0.0953. The summed E-state index contributed by atoms with van der Waals surface area (Å²) in [5.41, 5.74) is 6.59. The van der Waals surface area contributed by atoms with Crippen molar-refractivity contribution in [2.75, 3.05) is 26.0 Å². The maximum Gasteiger partial charge on any atom is 0.263 e. The summed E-state index contributed by atoms with van der Waals surface area (Å²) in [7, 11) is 1.64. The Labute approximate surface area is 124 Å². The number of hydrogen-bond donors (Lipinski definition) is 2. The van der Waals surface area contributed by atoms with Gasteiger partial charge in [-0.3, -0.25) is 4.79 Å². The Morgan fingerprint density at radius 2 is 2.32 bits per heavy atom. The minimum Gasteiger partial charge on any atom is -0.397 e. The van der Waals surface area contributed by atoms with Gasteiger partial charge >= 0.3 is 0 Å². The lowest BCUT2D eigenvalue weighted by atomic mass is 10.2. The van der Waals surface area contributed by atoms with Gasteiger partial charge in [-0.2, -0.15) is 0 Å². The van der Waals surface area contributed by atoms with E-state index in [0.717, 1.165) is 21.0 Å². The Morgan fingerprint density at radius 3 is 3.05 bits per heavy atom. The Morgan fingerprint density at radius 1 is 1.53 bits per heavy atom. The normalized spacial score (nSPS) is 10.8. The fourth-order valence-electron chi connectivity index (χ4n) is 1.76. The highest BCUT2D eigenvalue weighted by Gasteiger charge is 2.15. The Balaban J connectivity index is 2.16. The molecule has 19 heavy (non-hydrogen) atoms. The quantitative estimate of drug-likeness (QED) is 0.821. The van der Waals surface area contributed by atoms with Crippen LogP contribution in [0.1, 0.15) is 16.1 Å². The molecule has 1 aromatic heterocycles. The van der Waals surface area contributed by atoms with Crippen molar-refractivity contribution in [2.24, 2.45) is 0 Å². The van der Waals surface area contributed by atoms with Gasteiger partial charge in [0.2, 0.25) is 0 Å². The molecular formula is C13H15BrN2O2S. The molecular weight excluding hydrogens is 328 g/mol. The van der Waals surface area contributed by atoms with Crippen molar-refractivity contribution < 1.29 is 9.53 Å². The van der Waals surface area contributed by atoms with Crippen molar-refractivity contribution in [1.82, 2.24) is 5.32 Å². The molecule has 0 aliphatic rings. The third kappa shape index (κ3) is 3.26. The first-order valence-electron chi connectivity index (χ1n) is 5.88. The van der Waals surface area contributed by atoms with Crippen LogP contribution in [0, 0.1) is 0 Å². The van der Waals surface area contributed by atoms with Crippen LogP contribution in [0.3, 0.4) is 0 Å². The molecule has 3 N–H and O–H groups in total. The highest BCUT2D eigenvalue weighted by atomic mass is 79.9. The van der Waals surface area contributed by atoms with Gasteiger partial charge in [-0.15, -0.1) is 11.3 Å². The van der Waals surface area contributed by atoms with Crippen LogP contribution in [0.25, 0.3) is 10.1 Å². The summed E-state index contributed by atoms with van der Waals surface area (Å²) < 4.78 is 6.91. The Hall–Kier alpha value is -1.11. The summed E-state index contributed by atoms with van der Waals surface area (Å²) in [5, 5.41) is 3.77. The zero-order chi connectivity index (χ0) is 13.8. The minimum atomic E-state index is -0.120. The number of ether oxygens (including phenoxy) is 1. The van der Waals surface area contributed by atoms with E-state index in [2.05, 4.69) is 21.2 Å². The predicted molar refractivity (Wildman–Crippen MR) is 82.8 cm³/mol. The number of hydrogen-bond acceptors (Lipinski definition) is 4. The molecule has 0 radical (unpaired) electrons. The van der Waals surface area contributed by atoms with Crippen LogP contribution >= 0.6 is 27.3 Å². The molecule has 0 bridgehead atoms. The molecule has 0 aliphatic heterocycles. The lowest BCUT2D eigenvalue weighted by Gasteiger charge is -2.03. The third-order valence-corrected chi connectivity index (χ3v) is 4.38. The number of nitrogen functional groups attached to an aromatic ring is 1. The van der Waals surface area contributed by atoms with Crippen LogP contribution in [0.2, 0.25) is 0 Å². The van der Waals surface area contributed by atoms with Gasteiger partial charge in [0.25, 0.3) is 5.91 Å². The van der Waals surface area contributed by atoms with E-state index in [1.165, 1.54) is 11.3 Å². The van der Waals surface area contributed by atoms with E-state index in [1.807, 2.05) is 18.2 Å². The number of halogens is 1. The van der Waals surface area contributed by atoms with E-state index in [4.69, 9.17) is 10.5 Å². The third-order valence-electron chi connectivity index (χ3n) is 2.71. The van der Waals surface area contributed by atoms with E-state index >= 15 is 0 Å². The SMILES string of the molecule is COCCCNC(=O)c1sc2ccc(Br)cc2c1N. The Kier molecular flexibility index (Phi) is 4.79. The number of rotatable bonds is 5. The maximum absolute atomic E-state index is 12.0. The molecule has 0 aliphatic carbocycles. The number of thiophene rings is 1. The first-order valence-corrected chi connectivity index (χ1v) is 7.49. The summed E-state index contributed by atoms with van der Waals surface area (Å²) in [6, 6.07) is 5.84. The van der Waals surface area contributed by atoms with Gasteiger partial charge in [-0.25, -0.2) is 0 Å². The largest absolute Gasteiger partial charge is 0.397 e. The lowest BCUT2D eigenvalue weighted by Crippen LogP contribution is -2.25. The van der Waals surface area contributed by atoms with Gasteiger partial charge in [0.15, 0.2) is 0 Å². The number of amides is 1. The summed E-state index contributed by atoms with van der Waals surface area (Å²) in [6.45, 7) is 1.22. The molecule has 2 rings (SSSR count). The highest BCUT2D eigenvalue weighted by molar-refractivity contribution is 9.10. The number of carbonyl (C=O) groups is 1. The summed E-state index contributed by atoms with van der Waals surface area (Å²) in [6.07, 6.45) is 0.790. The number of carbonyl (C=O) groups excluding carboxylic acids is 1. The topological polar surface area (TPSA) is 64.3 Å². The molecule has 4 nitrogen and oxygen atoms in total. The molecule has 0 atom stereocenters. The van der Waals surface area contributed by atoms with Gasteiger partial charge in [-0.1, -0.05) is 15.9 Å². The number of benzene rings is 1. The molecule has 0 saturated heterocycles. The van der Waals surface area contributed by atoms with E-state index in [0.29, 0.717) is 23.7 Å². The second-order valence-electron chi connectivity index (χ2n) is 4.09. The number of anilines is 1. The molecule has 0 saturated carbocycles. The van der Waals surface area contributed by atoms with Crippen molar-refractivity contribution in [3.8, 4) is 0 Å². The molecule has 1 aromatic carbocycles. The van der Waals surface area contributed by atoms with E-state index in [-0.39, 0.29) is 5.91 Å². The molecule has 0 spiro atoms. The zero-order valence-corrected chi connectivity index (χ0v) is 12.9. The summed E-state index contributed by atoms with van der Waals surface area (Å²) in [5.74, 6) is -0.120. The summed E-state index contributed by atoms with van der Waals surface area (Å²) in [4.78, 5) is 12.6. The highest BCUT2D eigenvalue weighted by Crippen LogP contribution is 2.35. The van der Waals surface area contributed by atoms with Crippen LogP contribution in [0.4, 0.5) is 5.69 Å². The predicted octanol–water partition coefficient (Wildman–Crippen LogP) is 3.01. The molecule has 1 amide bonds. The zero-order valence-electron chi connectivity index (χ0n) is 10.5. The standard InChI is InChI=1S/C13H15BrN2O2S/c1-18-6-2-5-16-13(17)12-11(15)9-7-8(14)3-4-10(9)19-12/h3-4,7H,2,5-6,15H2,1H3,(H,16,17). The van der Waals surface area contributed by atoms with Crippen molar-refractivity contribution in [2.45, 2.75) is 6.42 Å². The first-order chi connectivity index (χ1) is 9.13. The first kappa shape index (κ1) is 14.3. The second-order valence-corrected chi connectivity index (χ2v) is 6.06. The van der Waals surface area contributed by atoms with Gasteiger partial charge in [-0.05, 0) is 24.6 Å². The van der Waals surface area contributed by atoms with Crippen molar-refractivity contribution >= 4 is 48.9 Å². The van der Waals surface area contributed by atoms with Crippen LogP contribution in [-0.2, 0) is 4.74 Å². The van der Waals surface area contributed by atoms with Crippen LogP contribution in [-0.4, -0.2) is 26.2 Å². The number of fused-ring (bicyclic) bond motifs is 1. The van der Waals surface area contributed by atoms with Crippen LogP contribution in [0.5, 0.6) is 0 Å². The van der Waals surface area contributed by atoms with Gasteiger partial charge in [0.1, 0.15) is 4.88 Å². The van der Waals surface area contributed by atoms with E-state index < -0.39 is 0 Å². The molecule has 102 valence electrons. The van der Waals surface area contributed by atoms with Gasteiger partial charge in [0.05, 0.1) is 5.69 Å². The fraction of sp³-hybridized carbons (Fsp3) is 0.308. The second kappa shape index (κ2) is 6.36. The number of nitrogens with two attached hydrogens (primary N) is 1. The number of nitrogens with one attached hydrogen (secondary N) is 1. The van der Waals surface area contributed by atoms with E-state index in [9.17, 15) is 4.79 Å². The Bertz CT molecular complexity index is 598. The van der Waals surface area contributed by atoms with Crippen molar-refractivity contribution in [3.05, 3.63) is 27.5 Å². The van der Waals surface area contributed by atoms with Crippen LogP contribution < -0.4 is 11.1 Å². The molecule has 6 heteroatoms. The monoisotopic (exact) mass is 342 g/mol. The molecule has 0 unspecified atom stereocenters. The minimum absolute atomic E-state index is 0.120. The van der Waals surface area contributed by atoms with Crippen molar-refractivity contribution in [3.63, 3.8) is 0 Å². The average molecular weight is 343 g/mol. The van der Waals surface area contributed by atoms with Crippen molar-refractivity contribution in [1.29, 1.82) is 0 Å². The van der Waals surface area contributed by atoms with Crippen LogP contribution in [0.15, 0.2) is 22.7 Å². The summed E-state index contributed by atoms with van der Waals surface area (Å²) >= 11 is 4.82. The molecule has 2 aromatic rings. The van der Waals surface area contributed by atoms with Gasteiger partial charge in [0, 0.05) is 34.8 Å². The molecule has 0 fully saturated rings.